The molecule has 0 bridgehead atoms. The maximum Gasteiger partial charge on any atom is 0.266 e. The predicted molar refractivity (Wildman–Crippen MR) is 122 cm³/mol. The van der Waals surface area contributed by atoms with Crippen molar-refractivity contribution in [2.45, 2.75) is 24.2 Å². The van der Waals surface area contributed by atoms with Gasteiger partial charge in [-0.1, -0.05) is 24.3 Å². The first kappa shape index (κ1) is 19.6. The fourth-order valence-corrected chi connectivity index (χ4v) is 4.89. The van der Waals surface area contributed by atoms with E-state index < -0.39 is 0 Å². The molecule has 3 aromatic rings. The van der Waals surface area contributed by atoms with Gasteiger partial charge in [-0.15, -0.1) is 11.8 Å². The monoisotopic (exact) mass is 428 g/mol. The number of imide groups is 1. The maximum atomic E-state index is 12.7. The molecule has 154 valence electrons. The van der Waals surface area contributed by atoms with E-state index in [2.05, 4.69) is 23.5 Å². The van der Waals surface area contributed by atoms with Crippen LogP contribution in [0.1, 0.15) is 38.3 Å². The molecule has 0 spiro atoms. The van der Waals surface area contributed by atoms with Crippen LogP contribution >= 0.6 is 11.8 Å². The summed E-state index contributed by atoms with van der Waals surface area (Å²) < 4.78 is 0. The summed E-state index contributed by atoms with van der Waals surface area (Å²) in [4.78, 5) is 40.1. The quantitative estimate of drug-likeness (QED) is 0.472. The Morgan fingerprint density at radius 3 is 2.39 bits per heavy atom. The highest BCUT2D eigenvalue weighted by atomic mass is 32.2. The molecule has 5 nitrogen and oxygen atoms in total. The summed E-state index contributed by atoms with van der Waals surface area (Å²) in [7, 11) is 0. The van der Waals surface area contributed by atoms with Crippen molar-refractivity contribution in [1.82, 2.24) is 0 Å². The second-order valence-electron chi connectivity index (χ2n) is 7.66. The highest BCUT2D eigenvalue weighted by molar-refractivity contribution is 8.00. The van der Waals surface area contributed by atoms with E-state index in [1.165, 1.54) is 29.3 Å². The van der Waals surface area contributed by atoms with Gasteiger partial charge in [0.2, 0.25) is 5.91 Å². The van der Waals surface area contributed by atoms with Crippen molar-refractivity contribution in [3.8, 4) is 0 Å². The van der Waals surface area contributed by atoms with Crippen LogP contribution in [0.2, 0.25) is 0 Å². The number of thioether (sulfide) groups is 1. The van der Waals surface area contributed by atoms with Gasteiger partial charge in [0.1, 0.15) is 0 Å². The number of amides is 3. The second kappa shape index (κ2) is 8.04. The van der Waals surface area contributed by atoms with E-state index in [-0.39, 0.29) is 23.5 Å². The number of aryl methyl sites for hydroxylation is 2. The van der Waals surface area contributed by atoms with Crippen LogP contribution in [0.15, 0.2) is 71.6 Å². The Hall–Kier alpha value is -3.38. The lowest BCUT2D eigenvalue weighted by molar-refractivity contribution is -0.113. The molecule has 0 aromatic heterocycles. The molecule has 3 amide bonds. The van der Waals surface area contributed by atoms with E-state index in [1.54, 1.807) is 48.5 Å². The van der Waals surface area contributed by atoms with E-state index in [1.807, 2.05) is 0 Å². The fourth-order valence-electron chi connectivity index (χ4n) is 4.13. The average Bonchev–Trinajstić information content (AvgIpc) is 3.35. The highest BCUT2D eigenvalue weighted by Gasteiger charge is 2.36. The summed E-state index contributed by atoms with van der Waals surface area (Å²) >= 11 is 1.50. The van der Waals surface area contributed by atoms with Crippen LogP contribution in [0.25, 0.3) is 0 Å². The van der Waals surface area contributed by atoms with Crippen LogP contribution in [-0.2, 0) is 17.6 Å². The second-order valence-corrected chi connectivity index (χ2v) is 8.71. The van der Waals surface area contributed by atoms with E-state index in [0.717, 1.165) is 22.6 Å². The Kier molecular flexibility index (Phi) is 5.08. The summed E-state index contributed by atoms with van der Waals surface area (Å²) in [6.07, 6.45) is 3.46. The lowest BCUT2D eigenvalue weighted by Crippen LogP contribution is -2.29. The summed E-state index contributed by atoms with van der Waals surface area (Å²) in [6, 6.07) is 20.0. The molecule has 5 rings (SSSR count). The number of hydrogen-bond donors (Lipinski definition) is 1. The molecule has 2 aliphatic rings. The van der Waals surface area contributed by atoms with Crippen LogP contribution < -0.4 is 10.2 Å². The van der Waals surface area contributed by atoms with Gasteiger partial charge in [0.05, 0.1) is 22.6 Å². The van der Waals surface area contributed by atoms with Gasteiger partial charge < -0.3 is 5.32 Å². The molecule has 1 heterocycles. The zero-order valence-electron chi connectivity index (χ0n) is 16.8. The van der Waals surface area contributed by atoms with Crippen molar-refractivity contribution in [3.05, 3.63) is 89.0 Å². The lowest BCUT2D eigenvalue weighted by atomic mass is 10.1. The van der Waals surface area contributed by atoms with Gasteiger partial charge in [0.25, 0.3) is 11.8 Å². The van der Waals surface area contributed by atoms with Crippen molar-refractivity contribution in [3.63, 3.8) is 0 Å². The van der Waals surface area contributed by atoms with Crippen molar-refractivity contribution < 1.29 is 14.4 Å². The smallest absolute Gasteiger partial charge is 0.266 e. The molecule has 0 atom stereocenters. The minimum Gasteiger partial charge on any atom is -0.325 e. The molecular formula is C25H20N2O3S. The van der Waals surface area contributed by atoms with Gasteiger partial charge in [0.15, 0.2) is 0 Å². The first-order valence-corrected chi connectivity index (χ1v) is 11.2. The van der Waals surface area contributed by atoms with Crippen LogP contribution in [0.3, 0.4) is 0 Å². The average molecular weight is 429 g/mol. The summed E-state index contributed by atoms with van der Waals surface area (Å²) in [5.74, 6) is -0.548. The standard InChI is InChI=1S/C25H20N2O3S/c28-23(15-31-20-12-11-16-5-3-6-17(16)13-20)26-18-7-4-8-19(14-18)27-24(29)21-9-1-2-10-22(21)25(27)30/h1-2,4,7-14H,3,5-6,15H2,(H,26,28). The van der Waals surface area contributed by atoms with E-state index in [0.29, 0.717) is 22.5 Å². The highest BCUT2D eigenvalue weighted by Crippen LogP contribution is 2.30. The van der Waals surface area contributed by atoms with Gasteiger partial charge >= 0.3 is 0 Å². The Balaban J connectivity index is 1.26. The molecule has 31 heavy (non-hydrogen) atoms. The molecule has 1 aliphatic carbocycles. The number of benzene rings is 3. The minimum absolute atomic E-state index is 0.134. The molecule has 1 aliphatic heterocycles. The van der Waals surface area contributed by atoms with Crippen LogP contribution in [0.5, 0.6) is 0 Å². The number of anilines is 2. The first-order chi connectivity index (χ1) is 15.1. The largest absolute Gasteiger partial charge is 0.325 e. The Morgan fingerprint density at radius 1 is 0.871 bits per heavy atom. The van der Waals surface area contributed by atoms with Crippen LogP contribution in [0, 0.1) is 0 Å². The van der Waals surface area contributed by atoms with E-state index in [4.69, 9.17) is 0 Å². The summed E-state index contributed by atoms with van der Waals surface area (Å²) in [5, 5.41) is 2.87. The molecule has 0 fully saturated rings. The van der Waals surface area contributed by atoms with Crippen molar-refractivity contribution in [1.29, 1.82) is 0 Å². The fraction of sp³-hybridized carbons (Fsp3) is 0.160. The Morgan fingerprint density at radius 2 is 1.61 bits per heavy atom. The lowest BCUT2D eigenvalue weighted by Gasteiger charge is -2.15. The number of carbonyl (C=O) groups excluding carboxylic acids is 3. The third-order valence-corrected chi connectivity index (χ3v) is 6.62. The van der Waals surface area contributed by atoms with Gasteiger partial charge in [-0.05, 0) is 72.9 Å². The van der Waals surface area contributed by atoms with Crippen LogP contribution in [-0.4, -0.2) is 23.5 Å². The molecule has 1 N–H and O–H groups in total. The Bertz CT molecular complexity index is 1190. The van der Waals surface area contributed by atoms with E-state index >= 15 is 0 Å². The molecule has 0 saturated carbocycles. The third kappa shape index (κ3) is 3.75. The number of rotatable bonds is 5. The van der Waals surface area contributed by atoms with Crippen LogP contribution in [0.4, 0.5) is 11.4 Å². The molecule has 0 unspecified atom stereocenters. The predicted octanol–water partition coefficient (Wildman–Crippen LogP) is 4.71. The number of nitrogens with one attached hydrogen (secondary N) is 1. The van der Waals surface area contributed by atoms with Gasteiger partial charge in [-0.25, -0.2) is 4.90 Å². The normalized spacial score (nSPS) is 14.5. The van der Waals surface area contributed by atoms with Crippen molar-refractivity contribution >= 4 is 40.9 Å². The molecule has 0 saturated heterocycles. The molecular weight excluding hydrogens is 408 g/mol. The summed E-state index contributed by atoms with van der Waals surface area (Å²) in [6.45, 7) is 0. The summed E-state index contributed by atoms with van der Waals surface area (Å²) in [5.41, 5.74) is 4.59. The third-order valence-electron chi connectivity index (χ3n) is 5.62. The van der Waals surface area contributed by atoms with Gasteiger partial charge in [0, 0.05) is 10.6 Å². The number of hydrogen-bond acceptors (Lipinski definition) is 4. The Labute approximate surface area is 184 Å². The molecule has 3 aromatic carbocycles. The molecule has 0 radical (unpaired) electrons. The number of fused-ring (bicyclic) bond motifs is 2. The SMILES string of the molecule is O=C(CSc1ccc2c(c1)CCC2)Nc1cccc(N2C(=O)c3ccccc3C2=O)c1. The topological polar surface area (TPSA) is 66.5 Å². The van der Waals surface area contributed by atoms with E-state index in [9.17, 15) is 14.4 Å². The van der Waals surface area contributed by atoms with Gasteiger partial charge in [-0.2, -0.15) is 0 Å². The zero-order chi connectivity index (χ0) is 21.4. The first-order valence-electron chi connectivity index (χ1n) is 10.2. The number of carbonyl (C=O) groups is 3. The number of nitrogens with zero attached hydrogens (tertiary/aromatic N) is 1. The minimum atomic E-state index is -0.351. The van der Waals surface area contributed by atoms with Gasteiger partial charge in [-0.3, -0.25) is 14.4 Å². The molecule has 6 heteroatoms. The zero-order valence-corrected chi connectivity index (χ0v) is 17.6. The maximum absolute atomic E-state index is 12.7. The van der Waals surface area contributed by atoms with Crippen molar-refractivity contribution in [2.24, 2.45) is 0 Å². The van der Waals surface area contributed by atoms with Crippen molar-refractivity contribution in [2.75, 3.05) is 16.0 Å².